The topological polar surface area (TPSA) is 87.9 Å². The minimum Gasteiger partial charge on any atom is -0.378 e. The van der Waals surface area contributed by atoms with Crippen LogP contribution in [0.4, 0.5) is 17.3 Å². The standard InChI is InChI=1S/C14H22N6O3/c1-2-17-3-5-18(6-4-17)13-12(20(21)22)14(16-11-15-13)19-7-9-23-10-8-19/h11H,2-10H2,1H3. The normalized spacial score (nSPS) is 19.9. The lowest BCUT2D eigenvalue weighted by molar-refractivity contribution is -0.383. The van der Waals surface area contributed by atoms with E-state index >= 15 is 0 Å². The molecular formula is C14H22N6O3. The summed E-state index contributed by atoms with van der Waals surface area (Å²) in [6, 6.07) is 0. The van der Waals surface area contributed by atoms with Crippen molar-refractivity contribution in [1.82, 2.24) is 14.9 Å². The van der Waals surface area contributed by atoms with Crippen LogP contribution in [0.25, 0.3) is 0 Å². The summed E-state index contributed by atoms with van der Waals surface area (Å²) in [7, 11) is 0. The van der Waals surface area contributed by atoms with Crippen LogP contribution in [-0.4, -0.2) is 78.8 Å². The first-order valence-electron chi connectivity index (χ1n) is 8.00. The Hall–Kier alpha value is -2.00. The van der Waals surface area contributed by atoms with Gasteiger partial charge in [0.25, 0.3) is 0 Å². The largest absolute Gasteiger partial charge is 0.378 e. The lowest BCUT2D eigenvalue weighted by atomic mass is 10.2. The Kier molecular flexibility index (Phi) is 4.87. The van der Waals surface area contributed by atoms with Crippen molar-refractivity contribution in [3.05, 3.63) is 16.4 Å². The molecule has 0 radical (unpaired) electrons. The van der Waals surface area contributed by atoms with E-state index in [2.05, 4.69) is 21.8 Å². The average molecular weight is 322 g/mol. The van der Waals surface area contributed by atoms with E-state index in [1.54, 1.807) is 0 Å². The fraction of sp³-hybridized carbons (Fsp3) is 0.714. The van der Waals surface area contributed by atoms with Crippen LogP contribution in [0.1, 0.15) is 6.92 Å². The second-order valence-electron chi connectivity index (χ2n) is 5.65. The summed E-state index contributed by atoms with van der Waals surface area (Å²) in [6.45, 7) is 8.74. The van der Waals surface area contributed by atoms with Gasteiger partial charge in [0.2, 0.25) is 11.6 Å². The van der Waals surface area contributed by atoms with Gasteiger partial charge < -0.3 is 19.4 Å². The zero-order valence-corrected chi connectivity index (χ0v) is 13.3. The molecule has 0 aromatic carbocycles. The number of hydrogen-bond donors (Lipinski definition) is 0. The molecule has 0 unspecified atom stereocenters. The van der Waals surface area contributed by atoms with Crippen molar-refractivity contribution in [3.63, 3.8) is 0 Å². The highest BCUT2D eigenvalue weighted by Crippen LogP contribution is 2.34. The summed E-state index contributed by atoms with van der Waals surface area (Å²) in [5.41, 5.74) is 0.0133. The molecule has 2 aliphatic heterocycles. The summed E-state index contributed by atoms with van der Waals surface area (Å²) in [6.07, 6.45) is 1.43. The molecule has 1 aromatic heterocycles. The Morgan fingerprint density at radius 3 is 2.17 bits per heavy atom. The highest BCUT2D eigenvalue weighted by Gasteiger charge is 2.31. The Labute approximate surface area is 135 Å². The molecule has 3 rings (SSSR count). The monoisotopic (exact) mass is 322 g/mol. The van der Waals surface area contributed by atoms with Gasteiger partial charge in [-0.1, -0.05) is 6.92 Å². The summed E-state index contributed by atoms with van der Waals surface area (Å²) in [5, 5.41) is 11.7. The molecule has 2 aliphatic rings. The molecule has 1 aromatic rings. The van der Waals surface area contributed by atoms with Crippen LogP contribution in [0.2, 0.25) is 0 Å². The van der Waals surface area contributed by atoms with E-state index in [0.29, 0.717) is 37.9 Å². The van der Waals surface area contributed by atoms with E-state index < -0.39 is 0 Å². The number of morpholine rings is 1. The first kappa shape index (κ1) is 15.9. The molecule has 9 heteroatoms. The summed E-state index contributed by atoms with van der Waals surface area (Å²) >= 11 is 0. The summed E-state index contributed by atoms with van der Waals surface area (Å²) in [5.74, 6) is 0.837. The van der Waals surface area contributed by atoms with Crippen LogP contribution >= 0.6 is 0 Å². The Bertz CT molecular complexity index is 555. The molecule has 2 fully saturated rings. The fourth-order valence-electron chi connectivity index (χ4n) is 3.04. The van der Waals surface area contributed by atoms with Crippen molar-refractivity contribution in [1.29, 1.82) is 0 Å². The Morgan fingerprint density at radius 2 is 1.65 bits per heavy atom. The fourth-order valence-corrected chi connectivity index (χ4v) is 3.04. The zero-order valence-electron chi connectivity index (χ0n) is 13.3. The molecule has 0 saturated carbocycles. The predicted molar refractivity (Wildman–Crippen MR) is 86.0 cm³/mol. The van der Waals surface area contributed by atoms with Crippen molar-refractivity contribution in [2.45, 2.75) is 6.92 Å². The first-order valence-corrected chi connectivity index (χ1v) is 8.00. The van der Waals surface area contributed by atoms with Crippen molar-refractivity contribution in [2.24, 2.45) is 0 Å². The van der Waals surface area contributed by atoms with Crippen molar-refractivity contribution in [2.75, 3.05) is 68.8 Å². The van der Waals surface area contributed by atoms with Gasteiger partial charge >= 0.3 is 5.69 Å². The smallest absolute Gasteiger partial charge is 0.353 e. The second-order valence-corrected chi connectivity index (χ2v) is 5.65. The van der Waals surface area contributed by atoms with Gasteiger partial charge in [-0.2, -0.15) is 0 Å². The van der Waals surface area contributed by atoms with E-state index in [4.69, 9.17) is 4.74 Å². The molecule has 2 saturated heterocycles. The van der Waals surface area contributed by atoms with Crippen LogP contribution < -0.4 is 9.80 Å². The third-order valence-electron chi connectivity index (χ3n) is 4.40. The van der Waals surface area contributed by atoms with Gasteiger partial charge in [-0.3, -0.25) is 10.1 Å². The maximum absolute atomic E-state index is 11.7. The highest BCUT2D eigenvalue weighted by molar-refractivity contribution is 5.71. The number of anilines is 2. The Balaban J connectivity index is 1.89. The van der Waals surface area contributed by atoms with Crippen LogP contribution in [0.5, 0.6) is 0 Å². The number of likely N-dealkylation sites (N-methyl/N-ethyl adjacent to an activating group) is 1. The maximum Gasteiger partial charge on any atom is 0.353 e. The predicted octanol–water partition coefficient (Wildman–Crippen LogP) is 0.363. The van der Waals surface area contributed by atoms with E-state index in [0.717, 1.165) is 32.7 Å². The van der Waals surface area contributed by atoms with E-state index in [1.165, 1.54) is 6.33 Å². The number of nitrogens with zero attached hydrogens (tertiary/aromatic N) is 6. The number of rotatable bonds is 4. The summed E-state index contributed by atoms with van der Waals surface area (Å²) < 4.78 is 5.32. The molecule has 3 heterocycles. The first-order chi connectivity index (χ1) is 11.2. The van der Waals surface area contributed by atoms with Crippen molar-refractivity contribution in [3.8, 4) is 0 Å². The van der Waals surface area contributed by atoms with Crippen molar-refractivity contribution >= 4 is 17.3 Å². The van der Waals surface area contributed by atoms with Crippen LogP contribution in [0, 0.1) is 10.1 Å². The van der Waals surface area contributed by atoms with Gasteiger partial charge in [0.05, 0.1) is 18.1 Å². The number of ether oxygens (including phenoxy) is 1. The molecule has 23 heavy (non-hydrogen) atoms. The van der Waals surface area contributed by atoms with E-state index in [9.17, 15) is 10.1 Å². The molecule has 126 valence electrons. The Morgan fingerprint density at radius 1 is 1.09 bits per heavy atom. The van der Waals surface area contributed by atoms with E-state index in [1.807, 2.05) is 9.80 Å². The molecule has 0 amide bonds. The molecule has 0 N–H and O–H groups in total. The number of piperazine rings is 1. The highest BCUT2D eigenvalue weighted by atomic mass is 16.6. The van der Waals surface area contributed by atoms with Crippen LogP contribution in [-0.2, 0) is 4.74 Å². The molecule has 0 atom stereocenters. The third-order valence-corrected chi connectivity index (χ3v) is 4.40. The minimum atomic E-state index is -0.355. The zero-order chi connectivity index (χ0) is 16.2. The SMILES string of the molecule is CCN1CCN(c2ncnc(N3CCOCC3)c2[N+](=O)[O-])CC1. The lowest BCUT2D eigenvalue weighted by Crippen LogP contribution is -2.46. The van der Waals surface area contributed by atoms with Gasteiger partial charge in [0.1, 0.15) is 6.33 Å². The molecule has 0 bridgehead atoms. The quantitative estimate of drug-likeness (QED) is 0.580. The molecule has 0 aliphatic carbocycles. The van der Waals surface area contributed by atoms with Gasteiger partial charge in [0, 0.05) is 39.3 Å². The number of nitro groups is 1. The summed E-state index contributed by atoms with van der Waals surface area (Å²) in [4.78, 5) is 26.0. The number of hydrogen-bond acceptors (Lipinski definition) is 8. The van der Waals surface area contributed by atoms with Crippen molar-refractivity contribution < 1.29 is 9.66 Å². The molecule has 9 nitrogen and oxygen atoms in total. The van der Waals surface area contributed by atoms with Gasteiger partial charge in [-0.25, -0.2) is 9.97 Å². The number of aromatic nitrogens is 2. The van der Waals surface area contributed by atoms with Crippen LogP contribution in [0.15, 0.2) is 6.33 Å². The second kappa shape index (κ2) is 7.05. The van der Waals surface area contributed by atoms with Gasteiger partial charge in [0.15, 0.2) is 0 Å². The van der Waals surface area contributed by atoms with Gasteiger partial charge in [-0.15, -0.1) is 0 Å². The maximum atomic E-state index is 11.7. The van der Waals surface area contributed by atoms with E-state index in [-0.39, 0.29) is 10.6 Å². The lowest BCUT2D eigenvalue weighted by Gasteiger charge is -2.35. The minimum absolute atomic E-state index is 0.0133. The third kappa shape index (κ3) is 3.35. The molecule has 0 spiro atoms. The van der Waals surface area contributed by atoms with Crippen LogP contribution in [0.3, 0.4) is 0 Å². The van der Waals surface area contributed by atoms with Gasteiger partial charge in [-0.05, 0) is 6.54 Å². The average Bonchev–Trinajstić information content (AvgIpc) is 2.62. The molecular weight excluding hydrogens is 300 g/mol.